The molecule has 1 saturated carbocycles. The Kier molecular flexibility index (Phi) is 13.0. The number of carbonyl (C=O) groups excluding carboxylic acids is 2. The zero-order valence-electron chi connectivity index (χ0n) is 27.1. The number of carbonyl (C=O) groups is 2. The van der Waals surface area contributed by atoms with Gasteiger partial charge in [0, 0.05) is 48.9 Å². The molecule has 0 spiro atoms. The maximum absolute atomic E-state index is 13.0. The normalized spacial score (nSPS) is 19.0. The first-order valence-corrected chi connectivity index (χ1v) is 16.9. The second-order valence-electron chi connectivity index (χ2n) is 13.3. The Balaban J connectivity index is 1.08. The van der Waals surface area contributed by atoms with Crippen LogP contribution >= 0.6 is 11.6 Å². The highest BCUT2D eigenvalue weighted by atomic mass is 35.5. The molecule has 0 atom stereocenters. The molecule has 244 valence electrons. The molecule has 1 aliphatic carbocycles. The number of amides is 1. The lowest BCUT2D eigenvalue weighted by Gasteiger charge is -2.34. The van der Waals surface area contributed by atoms with Crippen LogP contribution in [0, 0.1) is 11.3 Å². The van der Waals surface area contributed by atoms with E-state index in [9.17, 15) is 9.59 Å². The summed E-state index contributed by atoms with van der Waals surface area (Å²) in [5, 5.41) is 16.4. The Hall–Kier alpha value is -3.28. The van der Waals surface area contributed by atoms with Gasteiger partial charge in [0.25, 0.3) is 5.91 Å². The summed E-state index contributed by atoms with van der Waals surface area (Å²) >= 11 is 6.13. The smallest absolute Gasteiger partial charge is 0.306 e. The molecule has 2 N–H and O–H groups in total. The summed E-state index contributed by atoms with van der Waals surface area (Å²) in [6.07, 6.45) is 10.4. The molecule has 1 heterocycles. The first kappa shape index (κ1) is 34.6. The molecule has 1 amide bonds. The third-order valence-corrected chi connectivity index (χ3v) is 8.84. The third-order valence-electron chi connectivity index (χ3n) is 8.52. The Morgan fingerprint density at radius 3 is 2.27 bits per heavy atom. The van der Waals surface area contributed by atoms with Crippen LogP contribution in [0.3, 0.4) is 0 Å². The minimum atomic E-state index is -0.402. The molecule has 9 heteroatoms. The first-order valence-electron chi connectivity index (χ1n) is 16.6. The summed E-state index contributed by atoms with van der Waals surface area (Å²) < 4.78 is 11.4. The molecule has 0 bridgehead atoms. The number of unbranched alkanes of at least 4 members (excludes halogenated alkanes) is 3. The molecule has 4 rings (SSSR count). The molecule has 45 heavy (non-hydrogen) atoms. The predicted octanol–water partition coefficient (Wildman–Crippen LogP) is 7.18. The van der Waals surface area contributed by atoms with Gasteiger partial charge in [0.2, 0.25) is 0 Å². The molecule has 1 aliphatic heterocycles. The van der Waals surface area contributed by atoms with E-state index in [0.29, 0.717) is 34.4 Å². The summed E-state index contributed by atoms with van der Waals surface area (Å²) in [4.78, 5) is 27.2. The molecule has 0 radical (unpaired) electrons. The second kappa shape index (κ2) is 16.9. The number of nitrogens with one attached hydrogen (secondary N) is 2. The van der Waals surface area contributed by atoms with E-state index in [2.05, 4.69) is 33.7 Å². The number of benzene rings is 2. The monoisotopic (exact) mass is 636 g/mol. The predicted molar refractivity (Wildman–Crippen MR) is 179 cm³/mol. The minimum absolute atomic E-state index is 0.0301. The van der Waals surface area contributed by atoms with E-state index >= 15 is 0 Å². The van der Waals surface area contributed by atoms with Gasteiger partial charge in [-0.3, -0.25) is 9.59 Å². The molecule has 2 aromatic carbocycles. The lowest BCUT2D eigenvalue weighted by Crippen LogP contribution is -2.42. The molecule has 0 aromatic heterocycles. The van der Waals surface area contributed by atoms with Crippen LogP contribution in [0.4, 0.5) is 5.69 Å². The summed E-state index contributed by atoms with van der Waals surface area (Å²) in [6, 6.07) is 15.9. The van der Waals surface area contributed by atoms with Gasteiger partial charge >= 0.3 is 5.97 Å². The second-order valence-corrected chi connectivity index (χ2v) is 13.7. The van der Waals surface area contributed by atoms with Gasteiger partial charge in [0.1, 0.15) is 17.4 Å². The van der Waals surface area contributed by atoms with E-state index in [1.165, 1.54) is 0 Å². The molecule has 8 nitrogen and oxygen atoms in total. The summed E-state index contributed by atoms with van der Waals surface area (Å²) in [7, 11) is 0. The SMILES string of the molecule is CC(C)(C)OC(=O)CCCCCCNC1CCN(c2ccc(C(=O)NC3CCC(Oc4ccc(C#N)c(Cl)c4)CC3)cc2)CC1. The number of hydrogen-bond donors (Lipinski definition) is 2. The van der Waals surface area contributed by atoms with Crippen LogP contribution in [0.2, 0.25) is 5.02 Å². The average Bonchev–Trinajstić information content (AvgIpc) is 3.01. The summed E-state index contributed by atoms with van der Waals surface area (Å²) in [6.45, 7) is 8.73. The number of esters is 1. The topological polar surface area (TPSA) is 104 Å². The standard InChI is InChI=1S/C36H49ClN4O4/c1-36(2,3)45-34(42)8-6-4-5-7-21-39-28-19-22-41(23-20-28)30-14-9-26(10-15-30)35(43)40-29-12-17-31(18-13-29)44-32-16-11-27(25-38)33(37)24-32/h9-11,14-16,24,28-29,31,39H,4-8,12-13,17-23H2,1-3H3,(H,40,43). The van der Waals surface area contributed by atoms with Crippen molar-refractivity contribution in [2.75, 3.05) is 24.5 Å². The highest BCUT2D eigenvalue weighted by Gasteiger charge is 2.25. The molecule has 0 unspecified atom stereocenters. The zero-order valence-corrected chi connectivity index (χ0v) is 27.8. The third kappa shape index (κ3) is 11.5. The molecule has 2 aliphatic rings. The van der Waals surface area contributed by atoms with Crippen molar-refractivity contribution < 1.29 is 19.1 Å². The minimum Gasteiger partial charge on any atom is -0.490 e. The van der Waals surface area contributed by atoms with Gasteiger partial charge in [-0.1, -0.05) is 24.4 Å². The molecule has 2 fully saturated rings. The Morgan fingerprint density at radius 1 is 0.933 bits per heavy atom. The van der Waals surface area contributed by atoms with Crippen LogP contribution in [0.5, 0.6) is 5.75 Å². The van der Waals surface area contributed by atoms with Gasteiger partial charge in [-0.05, 0) is 115 Å². The first-order chi connectivity index (χ1) is 21.6. The Morgan fingerprint density at radius 2 is 1.62 bits per heavy atom. The van der Waals surface area contributed by atoms with Crippen molar-refractivity contribution in [2.45, 2.75) is 115 Å². The molecule has 2 aromatic rings. The van der Waals surface area contributed by atoms with Gasteiger partial charge in [-0.15, -0.1) is 0 Å². The fraction of sp³-hybridized carbons (Fsp3) is 0.583. The maximum atomic E-state index is 13.0. The number of nitriles is 1. The van der Waals surface area contributed by atoms with E-state index in [4.69, 9.17) is 26.3 Å². The molecular weight excluding hydrogens is 588 g/mol. The van der Waals surface area contributed by atoms with Crippen molar-refractivity contribution in [1.82, 2.24) is 10.6 Å². The summed E-state index contributed by atoms with van der Waals surface area (Å²) in [5.41, 5.74) is 1.89. The van der Waals surface area contributed by atoms with Crippen molar-refractivity contribution in [3.8, 4) is 11.8 Å². The van der Waals surface area contributed by atoms with Gasteiger partial charge in [0.15, 0.2) is 0 Å². The fourth-order valence-electron chi connectivity index (χ4n) is 6.06. The largest absolute Gasteiger partial charge is 0.490 e. The van der Waals surface area contributed by atoms with Crippen LogP contribution in [-0.2, 0) is 9.53 Å². The number of halogens is 1. The Bertz CT molecular complexity index is 1290. The van der Waals surface area contributed by atoms with Gasteiger partial charge in [0.05, 0.1) is 16.7 Å². The number of rotatable bonds is 13. The van der Waals surface area contributed by atoms with E-state index in [1.54, 1.807) is 18.2 Å². The van der Waals surface area contributed by atoms with Crippen LogP contribution < -0.4 is 20.3 Å². The van der Waals surface area contributed by atoms with Crippen LogP contribution in [0.25, 0.3) is 0 Å². The van der Waals surface area contributed by atoms with Crippen molar-refractivity contribution in [2.24, 2.45) is 0 Å². The number of piperidine rings is 1. The van der Waals surface area contributed by atoms with E-state index < -0.39 is 5.60 Å². The quantitative estimate of drug-likeness (QED) is 0.177. The molecule has 1 saturated heterocycles. The van der Waals surface area contributed by atoms with Gasteiger partial charge < -0.3 is 25.0 Å². The van der Waals surface area contributed by atoms with Crippen molar-refractivity contribution >= 4 is 29.2 Å². The van der Waals surface area contributed by atoms with Gasteiger partial charge in [-0.2, -0.15) is 5.26 Å². The van der Waals surface area contributed by atoms with Crippen LogP contribution in [-0.4, -0.2) is 55.3 Å². The summed E-state index contributed by atoms with van der Waals surface area (Å²) in [5.74, 6) is 0.546. The number of anilines is 1. The highest BCUT2D eigenvalue weighted by molar-refractivity contribution is 6.31. The van der Waals surface area contributed by atoms with Crippen molar-refractivity contribution in [3.63, 3.8) is 0 Å². The van der Waals surface area contributed by atoms with E-state index in [-0.39, 0.29) is 24.0 Å². The fourth-order valence-corrected chi connectivity index (χ4v) is 6.27. The average molecular weight is 637 g/mol. The van der Waals surface area contributed by atoms with E-state index in [1.807, 2.05) is 32.9 Å². The maximum Gasteiger partial charge on any atom is 0.306 e. The highest BCUT2D eigenvalue weighted by Crippen LogP contribution is 2.28. The van der Waals surface area contributed by atoms with E-state index in [0.717, 1.165) is 89.5 Å². The zero-order chi connectivity index (χ0) is 32.2. The lowest BCUT2D eigenvalue weighted by atomic mass is 9.92. The number of ether oxygens (including phenoxy) is 2. The van der Waals surface area contributed by atoms with Gasteiger partial charge in [-0.25, -0.2) is 0 Å². The Labute approximate surface area is 273 Å². The lowest BCUT2D eigenvalue weighted by molar-refractivity contribution is -0.154. The number of hydrogen-bond acceptors (Lipinski definition) is 7. The number of nitrogens with zero attached hydrogens (tertiary/aromatic N) is 2. The molecular formula is C36H49ClN4O4. The van der Waals surface area contributed by atoms with Crippen molar-refractivity contribution in [3.05, 3.63) is 58.6 Å². The van der Waals surface area contributed by atoms with Crippen LogP contribution in [0.15, 0.2) is 42.5 Å². The van der Waals surface area contributed by atoms with Crippen molar-refractivity contribution in [1.29, 1.82) is 5.26 Å². The van der Waals surface area contributed by atoms with Crippen LogP contribution in [0.1, 0.15) is 107 Å².